The van der Waals surface area contributed by atoms with E-state index in [0.717, 1.165) is 19.7 Å². The molecule has 2 aliphatic heterocycles. The van der Waals surface area contributed by atoms with E-state index in [4.69, 9.17) is 4.74 Å². The van der Waals surface area contributed by atoms with E-state index in [1.54, 1.807) is 0 Å². The lowest BCUT2D eigenvalue weighted by molar-refractivity contribution is -0.0881. The fourth-order valence-electron chi connectivity index (χ4n) is 2.69. The summed E-state index contributed by atoms with van der Waals surface area (Å²) in [6.07, 6.45) is 2.36. The lowest BCUT2D eigenvalue weighted by Gasteiger charge is -2.41. The summed E-state index contributed by atoms with van der Waals surface area (Å²) in [4.78, 5) is 2.37. The van der Waals surface area contributed by atoms with Crippen molar-refractivity contribution >= 4 is 0 Å². The SMILES string of the molecule is CCC1NCCOC12CCN(C)C2. The largest absolute Gasteiger partial charge is 0.371 e. The number of morpholine rings is 1. The number of likely N-dealkylation sites (N-methyl/N-ethyl adjacent to an activating group) is 1. The number of ether oxygens (including phenoxy) is 1. The van der Waals surface area contributed by atoms with Gasteiger partial charge in [0.25, 0.3) is 0 Å². The zero-order valence-corrected chi connectivity index (χ0v) is 8.68. The van der Waals surface area contributed by atoms with Crippen molar-refractivity contribution in [2.45, 2.75) is 31.4 Å². The van der Waals surface area contributed by atoms with Crippen molar-refractivity contribution in [3.8, 4) is 0 Å². The fourth-order valence-corrected chi connectivity index (χ4v) is 2.69. The molecule has 0 bridgehead atoms. The van der Waals surface area contributed by atoms with Crippen molar-refractivity contribution in [3.05, 3.63) is 0 Å². The van der Waals surface area contributed by atoms with Gasteiger partial charge in [0.1, 0.15) is 0 Å². The van der Waals surface area contributed by atoms with Gasteiger partial charge in [0.15, 0.2) is 0 Å². The smallest absolute Gasteiger partial charge is 0.0973 e. The molecule has 2 fully saturated rings. The number of hydrogen-bond donors (Lipinski definition) is 1. The van der Waals surface area contributed by atoms with Gasteiger partial charge >= 0.3 is 0 Å². The van der Waals surface area contributed by atoms with Gasteiger partial charge in [0.05, 0.1) is 12.2 Å². The van der Waals surface area contributed by atoms with Crippen molar-refractivity contribution in [2.75, 3.05) is 33.3 Å². The molecule has 0 aromatic carbocycles. The van der Waals surface area contributed by atoms with Crippen LogP contribution in [0.1, 0.15) is 19.8 Å². The molecule has 2 heterocycles. The summed E-state index contributed by atoms with van der Waals surface area (Å²) < 4.78 is 6.00. The second-order valence-electron chi connectivity index (χ2n) is 4.32. The van der Waals surface area contributed by atoms with E-state index in [9.17, 15) is 0 Å². The first-order valence-electron chi connectivity index (χ1n) is 5.33. The van der Waals surface area contributed by atoms with E-state index in [0.29, 0.717) is 6.04 Å². The summed E-state index contributed by atoms with van der Waals surface area (Å²) in [6.45, 7) is 6.41. The average molecular weight is 184 g/mol. The van der Waals surface area contributed by atoms with Crippen molar-refractivity contribution in [2.24, 2.45) is 0 Å². The first kappa shape index (κ1) is 9.44. The third-order valence-corrected chi connectivity index (χ3v) is 3.38. The van der Waals surface area contributed by atoms with Crippen molar-refractivity contribution < 1.29 is 4.74 Å². The maximum Gasteiger partial charge on any atom is 0.0973 e. The van der Waals surface area contributed by atoms with Crippen molar-refractivity contribution in [3.63, 3.8) is 0 Å². The minimum Gasteiger partial charge on any atom is -0.371 e. The molecule has 0 aromatic heterocycles. The summed E-state index contributed by atoms with van der Waals surface area (Å²) in [5.74, 6) is 0. The van der Waals surface area contributed by atoms with Crippen LogP contribution in [0.3, 0.4) is 0 Å². The van der Waals surface area contributed by atoms with Crippen LogP contribution in [0.4, 0.5) is 0 Å². The molecular weight excluding hydrogens is 164 g/mol. The maximum atomic E-state index is 6.00. The van der Waals surface area contributed by atoms with Gasteiger partial charge in [-0.3, -0.25) is 0 Å². The molecule has 13 heavy (non-hydrogen) atoms. The average Bonchev–Trinajstić information content (AvgIpc) is 2.49. The maximum absolute atomic E-state index is 6.00. The predicted molar refractivity (Wildman–Crippen MR) is 52.9 cm³/mol. The lowest BCUT2D eigenvalue weighted by Crippen LogP contribution is -2.58. The summed E-state index contributed by atoms with van der Waals surface area (Å²) in [5, 5.41) is 3.57. The highest BCUT2D eigenvalue weighted by molar-refractivity contribution is 5.01. The van der Waals surface area contributed by atoms with Gasteiger partial charge < -0.3 is 15.0 Å². The van der Waals surface area contributed by atoms with Crippen LogP contribution in [0, 0.1) is 0 Å². The Morgan fingerprint density at radius 1 is 1.62 bits per heavy atom. The lowest BCUT2D eigenvalue weighted by atomic mass is 9.89. The van der Waals surface area contributed by atoms with Gasteiger partial charge in [-0.25, -0.2) is 0 Å². The van der Waals surface area contributed by atoms with Gasteiger partial charge in [0.2, 0.25) is 0 Å². The normalized spacial score (nSPS) is 41.5. The zero-order valence-electron chi connectivity index (χ0n) is 8.68. The van der Waals surface area contributed by atoms with Gasteiger partial charge in [-0.2, -0.15) is 0 Å². The van der Waals surface area contributed by atoms with E-state index in [2.05, 4.69) is 24.2 Å². The molecule has 1 spiro atoms. The molecule has 2 aliphatic rings. The molecular formula is C10H20N2O. The van der Waals surface area contributed by atoms with Crippen molar-refractivity contribution in [1.29, 1.82) is 0 Å². The van der Waals surface area contributed by atoms with E-state index in [1.807, 2.05) is 0 Å². The number of nitrogens with zero attached hydrogens (tertiary/aromatic N) is 1. The molecule has 2 atom stereocenters. The highest BCUT2D eigenvalue weighted by Crippen LogP contribution is 2.31. The van der Waals surface area contributed by atoms with E-state index >= 15 is 0 Å². The molecule has 0 saturated carbocycles. The fraction of sp³-hybridized carbons (Fsp3) is 1.00. The topological polar surface area (TPSA) is 24.5 Å². The van der Waals surface area contributed by atoms with Crippen LogP contribution < -0.4 is 5.32 Å². The van der Waals surface area contributed by atoms with Crippen LogP contribution in [-0.4, -0.2) is 49.8 Å². The minimum absolute atomic E-state index is 0.127. The summed E-state index contributed by atoms with van der Waals surface area (Å²) in [7, 11) is 2.18. The zero-order chi connectivity index (χ0) is 9.31. The highest BCUT2D eigenvalue weighted by Gasteiger charge is 2.45. The Labute approximate surface area is 80.4 Å². The van der Waals surface area contributed by atoms with Crippen LogP contribution in [0.25, 0.3) is 0 Å². The Morgan fingerprint density at radius 3 is 3.08 bits per heavy atom. The monoisotopic (exact) mass is 184 g/mol. The second kappa shape index (κ2) is 3.56. The minimum atomic E-state index is 0.127. The van der Waals surface area contributed by atoms with Crippen LogP contribution in [0.5, 0.6) is 0 Å². The predicted octanol–water partition coefficient (Wildman–Crippen LogP) is 0.459. The molecule has 2 saturated heterocycles. The van der Waals surface area contributed by atoms with Gasteiger partial charge in [-0.1, -0.05) is 6.92 Å². The van der Waals surface area contributed by atoms with Crippen molar-refractivity contribution in [1.82, 2.24) is 10.2 Å². The Balaban J connectivity index is 2.08. The number of rotatable bonds is 1. The third kappa shape index (κ3) is 1.60. The van der Waals surface area contributed by atoms with Crippen LogP contribution in [-0.2, 0) is 4.74 Å². The molecule has 0 radical (unpaired) electrons. The Bertz CT molecular complexity index is 182. The second-order valence-corrected chi connectivity index (χ2v) is 4.32. The van der Waals surface area contributed by atoms with E-state index in [-0.39, 0.29) is 5.60 Å². The molecule has 0 aliphatic carbocycles. The molecule has 1 N–H and O–H groups in total. The molecule has 0 amide bonds. The Morgan fingerprint density at radius 2 is 2.46 bits per heavy atom. The third-order valence-electron chi connectivity index (χ3n) is 3.38. The van der Waals surface area contributed by atoms with E-state index < -0.39 is 0 Å². The first-order chi connectivity index (χ1) is 6.27. The van der Waals surface area contributed by atoms with Crippen LogP contribution >= 0.6 is 0 Å². The standard InChI is InChI=1S/C10H20N2O/c1-3-9-10(13-7-5-11-9)4-6-12(2)8-10/h9,11H,3-8H2,1-2H3. The number of hydrogen-bond acceptors (Lipinski definition) is 3. The summed E-state index contributed by atoms with van der Waals surface area (Å²) in [6, 6.07) is 0.561. The highest BCUT2D eigenvalue weighted by atomic mass is 16.5. The summed E-state index contributed by atoms with van der Waals surface area (Å²) >= 11 is 0. The van der Waals surface area contributed by atoms with Gasteiger partial charge in [-0.15, -0.1) is 0 Å². The van der Waals surface area contributed by atoms with Crippen LogP contribution in [0.2, 0.25) is 0 Å². The molecule has 2 rings (SSSR count). The quantitative estimate of drug-likeness (QED) is 0.641. The Kier molecular flexibility index (Phi) is 2.58. The molecule has 0 aromatic rings. The molecule has 2 unspecified atom stereocenters. The van der Waals surface area contributed by atoms with E-state index in [1.165, 1.54) is 19.4 Å². The Hall–Kier alpha value is -0.120. The van der Waals surface area contributed by atoms with Gasteiger partial charge in [-0.05, 0) is 19.9 Å². The number of nitrogens with one attached hydrogen (secondary N) is 1. The summed E-state index contributed by atoms with van der Waals surface area (Å²) in [5.41, 5.74) is 0.127. The molecule has 3 heteroatoms. The van der Waals surface area contributed by atoms with Crippen LogP contribution in [0.15, 0.2) is 0 Å². The number of likely N-dealkylation sites (tertiary alicyclic amines) is 1. The molecule has 76 valence electrons. The molecule has 3 nitrogen and oxygen atoms in total. The first-order valence-corrected chi connectivity index (χ1v) is 5.33. The van der Waals surface area contributed by atoms with Gasteiger partial charge in [0, 0.05) is 25.7 Å².